The van der Waals surface area contributed by atoms with Crippen LogP contribution in [0.3, 0.4) is 0 Å². The molecule has 0 aromatic heterocycles. The quantitative estimate of drug-likeness (QED) is 0.803. The highest BCUT2D eigenvalue weighted by Gasteiger charge is 2.17. The Morgan fingerprint density at radius 3 is 2.25 bits per heavy atom. The van der Waals surface area contributed by atoms with Crippen molar-refractivity contribution < 1.29 is 8.78 Å². The molecular weight excluding hydrogens is 302 g/mol. The summed E-state index contributed by atoms with van der Waals surface area (Å²) in [6.45, 7) is 0. The Kier molecular flexibility index (Phi) is 6.90. The molecular formula is C9H9Cl4F2N. The van der Waals surface area contributed by atoms with Crippen molar-refractivity contribution in [3.05, 3.63) is 32.8 Å². The van der Waals surface area contributed by atoms with E-state index in [1.807, 2.05) is 0 Å². The molecule has 0 amide bonds. The summed E-state index contributed by atoms with van der Waals surface area (Å²) in [7, 11) is 0. The van der Waals surface area contributed by atoms with Crippen molar-refractivity contribution in [3.8, 4) is 0 Å². The molecule has 1 aromatic carbocycles. The average molecular weight is 311 g/mol. The summed E-state index contributed by atoms with van der Waals surface area (Å²) in [6, 6.07) is 2.01. The van der Waals surface area contributed by atoms with Gasteiger partial charge >= 0.3 is 0 Å². The van der Waals surface area contributed by atoms with Crippen LogP contribution in [0, 0.1) is 0 Å². The van der Waals surface area contributed by atoms with Crippen molar-refractivity contribution in [3.63, 3.8) is 0 Å². The van der Waals surface area contributed by atoms with Gasteiger partial charge in [-0.05, 0) is 17.7 Å². The third kappa shape index (κ3) is 4.22. The van der Waals surface area contributed by atoms with Crippen LogP contribution in [-0.4, -0.2) is 6.43 Å². The van der Waals surface area contributed by atoms with Gasteiger partial charge in [-0.2, -0.15) is 0 Å². The summed E-state index contributed by atoms with van der Waals surface area (Å²) in [5, 5.41) is 0.710. The predicted octanol–water partition coefficient (Wildman–Crippen LogP) is 4.72. The Labute approximate surface area is 113 Å². The second kappa shape index (κ2) is 6.82. The third-order valence-electron chi connectivity index (χ3n) is 1.85. The Morgan fingerprint density at radius 2 is 1.75 bits per heavy atom. The number of benzene rings is 1. The van der Waals surface area contributed by atoms with E-state index in [4.69, 9.17) is 40.5 Å². The van der Waals surface area contributed by atoms with Gasteiger partial charge in [0.15, 0.2) is 0 Å². The van der Waals surface area contributed by atoms with Gasteiger partial charge in [-0.15, -0.1) is 12.4 Å². The smallest absolute Gasteiger partial charge is 0.240 e. The Hall–Kier alpha value is 0.200. The minimum absolute atomic E-state index is 0. The zero-order valence-corrected chi connectivity index (χ0v) is 11.0. The molecule has 0 fully saturated rings. The lowest BCUT2D eigenvalue weighted by Gasteiger charge is -2.14. The first-order valence-corrected chi connectivity index (χ1v) is 5.23. The molecule has 0 saturated carbocycles. The fourth-order valence-electron chi connectivity index (χ4n) is 1.16. The van der Waals surface area contributed by atoms with Gasteiger partial charge in [-0.1, -0.05) is 34.8 Å². The van der Waals surface area contributed by atoms with Gasteiger partial charge in [-0.25, -0.2) is 8.78 Å². The molecule has 0 saturated heterocycles. The van der Waals surface area contributed by atoms with E-state index in [0.29, 0.717) is 10.6 Å². The van der Waals surface area contributed by atoms with Crippen LogP contribution in [0.15, 0.2) is 12.1 Å². The summed E-state index contributed by atoms with van der Waals surface area (Å²) in [6.07, 6.45) is -2.97. The molecule has 2 N–H and O–H groups in total. The van der Waals surface area contributed by atoms with Crippen LogP contribution < -0.4 is 5.73 Å². The fraction of sp³-hybridized carbons (Fsp3) is 0.333. The van der Waals surface area contributed by atoms with Crippen LogP contribution in [0.5, 0.6) is 0 Å². The summed E-state index contributed by atoms with van der Waals surface area (Å²) in [5.74, 6) is 0. The van der Waals surface area contributed by atoms with Crippen molar-refractivity contribution in [2.75, 3.05) is 0 Å². The maximum absolute atomic E-state index is 12.1. The molecule has 1 rings (SSSR count). The van der Waals surface area contributed by atoms with Crippen LogP contribution in [0.4, 0.5) is 8.78 Å². The van der Waals surface area contributed by atoms with E-state index in [1.54, 1.807) is 0 Å². The highest BCUT2D eigenvalue weighted by Crippen LogP contribution is 2.34. The summed E-state index contributed by atoms with van der Waals surface area (Å²) in [5.41, 5.74) is 5.89. The van der Waals surface area contributed by atoms with Crippen LogP contribution in [0.1, 0.15) is 18.0 Å². The second-order valence-electron chi connectivity index (χ2n) is 3.02. The number of nitrogens with two attached hydrogens (primary N) is 1. The number of hydrogen-bond donors (Lipinski definition) is 1. The SMILES string of the molecule is Cl.N[C@@H](CC(F)F)c1cc(Cl)cc(Cl)c1Cl. The van der Waals surface area contributed by atoms with Crippen molar-refractivity contribution >= 4 is 47.2 Å². The number of alkyl halides is 2. The molecule has 0 heterocycles. The van der Waals surface area contributed by atoms with Crippen LogP contribution in [0.2, 0.25) is 15.1 Å². The fourth-order valence-corrected chi connectivity index (χ4v) is 1.92. The minimum atomic E-state index is -2.49. The lowest BCUT2D eigenvalue weighted by molar-refractivity contribution is 0.128. The summed E-state index contributed by atoms with van der Waals surface area (Å²) < 4.78 is 24.2. The monoisotopic (exact) mass is 309 g/mol. The first kappa shape index (κ1) is 16.2. The molecule has 0 radical (unpaired) electrons. The molecule has 0 bridgehead atoms. The highest BCUT2D eigenvalue weighted by molar-refractivity contribution is 6.43. The van der Waals surface area contributed by atoms with Gasteiger partial charge in [0.2, 0.25) is 6.43 Å². The number of halogens is 6. The van der Waals surface area contributed by atoms with Crippen LogP contribution in [-0.2, 0) is 0 Å². The molecule has 1 aromatic rings. The van der Waals surface area contributed by atoms with Gasteiger partial charge in [-0.3, -0.25) is 0 Å². The first-order chi connectivity index (χ1) is 6.91. The molecule has 1 nitrogen and oxygen atoms in total. The molecule has 0 aliphatic heterocycles. The zero-order valence-electron chi connectivity index (χ0n) is 7.89. The van der Waals surface area contributed by atoms with E-state index in [-0.39, 0.29) is 22.5 Å². The molecule has 0 aliphatic rings. The Balaban J connectivity index is 0.00000225. The van der Waals surface area contributed by atoms with Gasteiger partial charge in [0, 0.05) is 17.5 Å². The molecule has 7 heteroatoms. The van der Waals surface area contributed by atoms with Crippen molar-refractivity contribution in [1.29, 1.82) is 0 Å². The molecule has 0 aliphatic carbocycles. The third-order valence-corrected chi connectivity index (χ3v) is 2.89. The Morgan fingerprint density at radius 1 is 1.19 bits per heavy atom. The topological polar surface area (TPSA) is 26.0 Å². The molecule has 0 unspecified atom stereocenters. The maximum atomic E-state index is 12.1. The number of rotatable bonds is 3. The van der Waals surface area contributed by atoms with E-state index in [0.717, 1.165) is 0 Å². The second-order valence-corrected chi connectivity index (χ2v) is 4.25. The van der Waals surface area contributed by atoms with Gasteiger partial charge in [0.1, 0.15) is 0 Å². The Bertz CT molecular complexity index is 360. The van der Waals surface area contributed by atoms with E-state index in [1.165, 1.54) is 12.1 Å². The average Bonchev–Trinajstić information content (AvgIpc) is 2.09. The standard InChI is InChI=1S/C9H8Cl3F2N.ClH/c10-4-1-5(7(15)3-8(13)14)9(12)6(11)2-4;/h1-2,7-8H,3,15H2;1H/t7-;/m0./s1. The summed E-state index contributed by atoms with van der Waals surface area (Å²) in [4.78, 5) is 0. The van der Waals surface area contributed by atoms with Crippen LogP contribution in [0.25, 0.3) is 0 Å². The van der Waals surface area contributed by atoms with E-state index < -0.39 is 18.9 Å². The van der Waals surface area contributed by atoms with E-state index in [2.05, 4.69) is 0 Å². The predicted molar refractivity (Wildman–Crippen MR) is 66.3 cm³/mol. The van der Waals surface area contributed by atoms with Gasteiger partial charge in [0.05, 0.1) is 10.0 Å². The largest absolute Gasteiger partial charge is 0.324 e. The highest BCUT2D eigenvalue weighted by atomic mass is 35.5. The normalized spacial score (nSPS) is 12.4. The van der Waals surface area contributed by atoms with Crippen molar-refractivity contribution in [2.24, 2.45) is 5.73 Å². The summed E-state index contributed by atoms with van der Waals surface area (Å²) >= 11 is 17.3. The lowest BCUT2D eigenvalue weighted by atomic mass is 10.1. The molecule has 0 spiro atoms. The van der Waals surface area contributed by atoms with Crippen LogP contribution >= 0.6 is 47.2 Å². The number of hydrogen-bond acceptors (Lipinski definition) is 1. The van der Waals surface area contributed by atoms with Crippen molar-refractivity contribution in [2.45, 2.75) is 18.9 Å². The lowest BCUT2D eigenvalue weighted by Crippen LogP contribution is -2.14. The first-order valence-electron chi connectivity index (χ1n) is 4.10. The van der Waals surface area contributed by atoms with Gasteiger partial charge in [0.25, 0.3) is 0 Å². The van der Waals surface area contributed by atoms with E-state index in [9.17, 15) is 8.78 Å². The maximum Gasteiger partial charge on any atom is 0.240 e. The van der Waals surface area contributed by atoms with Crippen molar-refractivity contribution in [1.82, 2.24) is 0 Å². The van der Waals surface area contributed by atoms with E-state index >= 15 is 0 Å². The molecule has 92 valence electrons. The molecule has 16 heavy (non-hydrogen) atoms. The molecule has 1 atom stereocenters. The van der Waals surface area contributed by atoms with Gasteiger partial charge < -0.3 is 5.73 Å². The zero-order chi connectivity index (χ0) is 11.6. The minimum Gasteiger partial charge on any atom is -0.324 e.